The van der Waals surface area contributed by atoms with Crippen LogP contribution < -0.4 is 10.2 Å². The maximum atomic E-state index is 13.4. The second-order valence-electron chi connectivity index (χ2n) is 9.73. The number of rotatable bonds is 6. The van der Waals surface area contributed by atoms with Gasteiger partial charge in [0, 0.05) is 10.7 Å². The highest BCUT2D eigenvalue weighted by Gasteiger charge is 2.50. The van der Waals surface area contributed by atoms with Gasteiger partial charge in [-0.1, -0.05) is 54.1 Å². The zero-order valence-electron chi connectivity index (χ0n) is 20.9. The van der Waals surface area contributed by atoms with E-state index in [0.29, 0.717) is 34.8 Å². The molecular formula is C30H27ClN2O5. The van der Waals surface area contributed by atoms with Crippen LogP contribution in [-0.2, 0) is 19.1 Å². The maximum Gasteiger partial charge on any atom is 0.338 e. The van der Waals surface area contributed by atoms with Gasteiger partial charge >= 0.3 is 5.97 Å². The molecule has 1 saturated heterocycles. The van der Waals surface area contributed by atoms with Gasteiger partial charge in [0.2, 0.25) is 11.8 Å². The quantitative estimate of drug-likeness (QED) is 0.335. The summed E-state index contributed by atoms with van der Waals surface area (Å²) >= 11 is 6.08. The number of nitrogens with one attached hydrogen (secondary N) is 1. The molecule has 0 aromatic heterocycles. The Bertz CT molecular complexity index is 1410. The Morgan fingerprint density at radius 1 is 0.947 bits per heavy atom. The number of hydrogen-bond acceptors (Lipinski definition) is 5. The summed E-state index contributed by atoms with van der Waals surface area (Å²) < 4.78 is 5.19. The number of nitrogens with zero attached hydrogens (tertiary/aromatic N) is 1. The predicted octanol–water partition coefficient (Wildman–Crippen LogP) is 5.52. The van der Waals surface area contributed by atoms with Crippen molar-refractivity contribution in [2.24, 2.45) is 11.8 Å². The number of ether oxygens (including phenoxy) is 1. The van der Waals surface area contributed by atoms with Gasteiger partial charge in [0.15, 0.2) is 6.61 Å². The molecule has 0 unspecified atom stereocenters. The second kappa shape index (κ2) is 10.8. The minimum Gasteiger partial charge on any atom is -0.452 e. The molecule has 8 heteroatoms. The van der Waals surface area contributed by atoms with Crippen molar-refractivity contribution in [1.29, 1.82) is 0 Å². The number of halogens is 1. The summed E-state index contributed by atoms with van der Waals surface area (Å²) in [6.45, 7) is 1.27. The Hall–Kier alpha value is -3.97. The molecule has 5 rings (SSSR count). The van der Waals surface area contributed by atoms with Crippen LogP contribution in [0, 0.1) is 18.8 Å². The number of carbonyl (C=O) groups excluding carboxylic acids is 4. The lowest BCUT2D eigenvalue weighted by Gasteiger charge is -2.28. The van der Waals surface area contributed by atoms with Crippen molar-refractivity contribution in [2.75, 3.05) is 16.8 Å². The fourth-order valence-electron chi connectivity index (χ4n) is 5.38. The van der Waals surface area contributed by atoms with E-state index < -0.39 is 18.5 Å². The lowest BCUT2D eigenvalue weighted by molar-refractivity contribution is -0.122. The maximum absolute atomic E-state index is 13.4. The number of imide groups is 1. The summed E-state index contributed by atoms with van der Waals surface area (Å²) in [5.41, 5.74) is 2.90. The number of esters is 1. The van der Waals surface area contributed by atoms with Gasteiger partial charge in [-0.3, -0.25) is 19.3 Å². The van der Waals surface area contributed by atoms with Crippen LogP contribution in [0.3, 0.4) is 0 Å². The third-order valence-electron chi connectivity index (χ3n) is 7.41. The van der Waals surface area contributed by atoms with Crippen molar-refractivity contribution in [2.45, 2.75) is 32.1 Å². The van der Waals surface area contributed by atoms with E-state index in [2.05, 4.69) is 17.4 Å². The van der Waals surface area contributed by atoms with Gasteiger partial charge in [0.1, 0.15) is 0 Å². The van der Waals surface area contributed by atoms with Crippen LogP contribution in [0.15, 0.2) is 72.8 Å². The average Bonchev–Trinajstić information content (AvgIpc) is 3.19. The van der Waals surface area contributed by atoms with Crippen molar-refractivity contribution in [1.82, 2.24) is 0 Å². The molecule has 1 heterocycles. The highest BCUT2D eigenvalue weighted by atomic mass is 35.5. The Morgan fingerprint density at radius 3 is 2.47 bits per heavy atom. The summed E-state index contributed by atoms with van der Waals surface area (Å²) in [4.78, 5) is 52.8. The van der Waals surface area contributed by atoms with E-state index in [9.17, 15) is 19.2 Å². The zero-order chi connectivity index (χ0) is 26.8. The van der Waals surface area contributed by atoms with Crippen LogP contribution >= 0.6 is 11.6 Å². The molecule has 3 aromatic rings. The number of hydrogen-bond donors (Lipinski definition) is 1. The minimum atomic E-state index is -0.731. The Morgan fingerprint density at radius 2 is 1.68 bits per heavy atom. The number of carbonyl (C=O) groups is 4. The van der Waals surface area contributed by atoms with E-state index in [1.807, 2.05) is 18.2 Å². The monoisotopic (exact) mass is 530 g/mol. The molecular weight excluding hydrogens is 504 g/mol. The second-order valence-corrected chi connectivity index (χ2v) is 10.1. The van der Waals surface area contributed by atoms with Crippen LogP contribution in [-0.4, -0.2) is 30.3 Å². The first-order valence-electron chi connectivity index (χ1n) is 12.6. The first-order valence-corrected chi connectivity index (χ1v) is 13.0. The molecule has 3 atom stereocenters. The van der Waals surface area contributed by atoms with Crippen LogP contribution in [0.25, 0.3) is 0 Å². The molecule has 194 valence electrons. The highest BCUT2D eigenvalue weighted by molar-refractivity contribution is 6.31. The molecule has 0 bridgehead atoms. The first kappa shape index (κ1) is 25.7. The molecule has 2 fully saturated rings. The molecule has 1 aliphatic heterocycles. The Kier molecular flexibility index (Phi) is 7.29. The summed E-state index contributed by atoms with van der Waals surface area (Å²) in [6, 6.07) is 21.4. The van der Waals surface area contributed by atoms with Crippen molar-refractivity contribution < 1.29 is 23.9 Å². The fourth-order valence-corrected chi connectivity index (χ4v) is 5.55. The van der Waals surface area contributed by atoms with Gasteiger partial charge in [0.05, 0.1) is 23.1 Å². The number of benzene rings is 3. The summed E-state index contributed by atoms with van der Waals surface area (Å²) in [6.07, 6.45) is 2.12. The standard InChI is InChI=1S/C30H27ClN2O5/c1-18-25(31)11-6-12-26(18)32-27(34)17-38-30(37)21-9-5-10-22(15-21)33-28(35)23-14-13-20(16-24(23)29(33)36)19-7-3-2-4-8-19/h2-12,15,20,23-24H,13-14,16-17H2,1H3,(H,32,34)/t20-,23+,24-/m0/s1. The molecule has 7 nitrogen and oxygen atoms in total. The van der Waals surface area contributed by atoms with Gasteiger partial charge in [-0.15, -0.1) is 0 Å². The van der Waals surface area contributed by atoms with Gasteiger partial charge in [-0.2, -0.15) is 0 Å². The molecule has 1 aliphatic carbocycles. The Labute approximate surface area is 225 Å². The van der Waals surface area contributed by atoms with Gasteiger partial charge in [-0.25, -0.2) is 4.79 Å². The molecule has 38 heavy (non-hydrogen) atoms. The first-order chi connectivity index (χ1) is 18.3. The zero-order valence-corrected chi connectivity index (χ0v) is 21.6. The van der Waals surface area contributed by atoms with Crippen LogP contribution in [0.4, 0.5) is 11.4 Å². The predicted molar refractivity (Wildman–Crippen MR) is 144 cm³/mol. The van der Waals surface area contributed by atoms with Crippen LogP contribution in [0.5, 0.6) is 0 Å². The molecule has 3 amide bonds. The summed E-state index contributed by atoms with van der Waals surface area (Å²) in [7, 11) is 0. The number of amides is 3. The lowest BCUT2D eigenvalue weighted by Crippen LogP contribution is -2.31. The van der Waals surface area contributed by atoms with Crippen molar-refractivity contribution in [3.8, 4) is 0 Å². The van der Waals surface area contributed by atoms with E-state index in [4.69, 9.17) is 16.3 Å². The normalized spacial score (nSPS) is 20.7. The minimum absolute atomic E-state index is 0.145. The topological polar surface area (TPSA) is 92.8 Å². The fraction of sp³-hybridized carbons (Fsp3) is 0.267. The van der Waals surface area contributed by atoms with Gasteiger partial charge in [-0.05, 0) is 73.6 Å². The van der Waals surface area contributed by atoms with E-state index in [1.165, 1.54) is 22.6 Å². The van der Waals surface area contributed by atoms with E-state index >= 15 is 0 Å². The van der Waals surface area contributed by atoms with E-state index in [-0.39, 0.29) is 35.1 Å². The highest BCUT2D eigenvalue weighted by Crippen LogP contribution is 2.45. The summed E-state index contributed by atoms with van der Waals surface area (Å²) in [5, 5.41) is 3.18. The molecule has 3 aromatic carbocycles. The SMILES string of the molecule is Cc1c(Cl)cccc1NC(=O)COC(=O)c1cccc(N2C(=O)[C@H]3C[C@@H](c4ccccc4)CC[C@H]3C2=O)c1. The Balaban J connectivity index is 1.25. The molecule has 0 radical (unpaired) electrons. The van der Waals surface area contributed by atoms with E-state index in [1.54, 1.807) is 37.3 Å². The van der Waals surface area contributed by atoms with Crippen molar-refractivity contribution >= 4 is 46.7 Å². The molecule has 1 saturated carbocycles. The van der Waals surface area contributed by atoms with Gasteiger partial charge < -0.3 is 10.1 Å². The average molecular weight is 531 g/mol. The van der Waals surface area contributed by atoms with Crippen LogP contribution in [0.2, 0.25) is 5.02 Å². The number of anilines is 2. The smallest absolute Gasteiger partial charge is 0.338 e. The largest absolute Gasteiger partial charge is 0.452 e. The lowest BCUT2D eigenvalue weighted by atomic mass is 9.73. The van der Waals surface area contributed by atoms with Crippen molar-refractivity contribution in [3.05, 3.63) is 94.5 Å². The third-order valence-corrected chi connectivity index (χ3v) is 7.82. The van der Waals surface area contributed by atoms with Crippen molar-refractivity contribution in [3.63, 3.8) is 0 Å². The third kappa shape index (κ3) is 5.07. The molecule has 2 aliphatic rings. The summed E-state index contributed by atoms with van der Waals surface area (Å²) in [5.74, 6) is -2.20. The van der Waals surface area contributed by atoms with E-state index in [0.717, 1.165) is 6.42 Å². The number of fused-ring (bicyclic) bond motifs is 1. The molecule has 1 N–H and O–H groups in total. The van der Waals surface area contributed by atoms with Gasteiger partial charge in [0.25, 0.3) is 5.91 Å². The molecule has 0 spiro atoms. The van der Waals surface area contributed by atoms with Crippen LogP contribution in [0.1, 0.15) is 46.7 Å².